The van der Waals surface area contributed by atoms with Gasteiger partial charge in [0.1, 0.15) is 36.1 Å². The molecule has 0 bridgehead atoms. The number of aliphatic hydroxyl groups excluding tert-OH is 4. The normalized spacial score (nSPS) is 48.5. The first-order valence-electron chi connectivity index (χ1n) is 15.6. The first kappa shape index (κ1) is 31.8. The molecule has 1 aliphatic heterocycles. The summed E-state index contributed by atoms with van der Waals surface area (Å²) in [5.41, 5.74) is -3.41. The van der Waals surface area contributed by atoms with Crippen molar-refractivity contribution < 1.29 is 54.1 Å². The zero-order chi connectivity index (χ0) is 31.8. The van der Waals surface area contributed by atoms with Crippen LogP contribution in [0, 0.1) is 16.7 Å². The van der Waals surface area contributed by atoms with Gasteiger partial charge in [-0.2, -0.15) is 0 Å². The second-order valence-electron chi connectivity index (χ2n) is 14.0. The van der Waals surface area contributed by atoms with Crippen molar-refractivity contribution in [1.82, 2.24) is 0 Å². The Bertz CT molecular complexity index is 1340. The summed E-state index contributed by atoms with van der Waals surface area (Å²) < 4.78 is 22.6. The Kier molecular flexibility index (Phi) is 7.94. The molecule has 0 unspecified atom stereocenters. The van der Waals surface area contributed by atoms with Crippen LogP contribution in [0.3, 0.4) is 0 Å². The number of hydrogen-bond donors (Lipinski definition) is 6. The summed E-state index contributed by atoms with van der Waals surface area (Å²) in [6.45, 7) is 4.74. The highest BCUT2D eigenvalue weighted by atomic mass is 16.7. The van der Waals surface area contributed by atoms with E-state index in [0.717, 1.165) is 11.1 Å². The van der Waals surface area contributed by atoms with Crippen LogP contribution >= 0.6 is 0 Å². The number of ether oxygens (including phenoxy) is 3. The molecule has 244 valence electrons. The number of rotatable bonds is 5. The van der Waals surface area contributed by atoms with Crippen LogP contribution < -0.4 is 5.63 Å². The van der Waals surface area contributed by atoms with E-state index in [9.17, 15) is 40.2 Å². The lowest BCUT2D eigenvalue weighted by Gasteiger charge is -2.66. The maximum Gasteiger partial charge on any atom is 0.335 e. The van der Waals surface area contributed by atoms with Gasteiger partial charge in [-0.15, -0.1) is 0 Å². The molecule has 44 heavy (non-hydrogen) atoms. The molecule has 4 fully saturated rings. The molecule has 0 amide bonds. The largest absolute Gasteiger partial charge is 0.458 e. The monoisotopic (exact) mass is 620 g/mol. The van der Waals surface area contributed by atoms with Crippen LogP contribution in [0.25, 0.3) is 0 Å². The van der Waals surface area contributed by atoms with E-state index in [2.05, 4.69) is 0 Å². The van der Waals surface area contributed by atoms with Crippen LogP contribution in [-0.4, -0.2) is 97.3 Å². The quantitative estimate of drug-likeness (QED) is 0.199. The fraction of sp³-hybridized carbons (Fsp3) is 0.750. The topological polar surface area (TPSA) is 196 Å². The van der Waals surface area contributed by atoms with E-state index in [1.54, 1.807) is 6.07 Å². The predicted octanol–water partition coefficient (Wildman–Crippen LogP) is 0.643. The summed E-state index contributed by atoms with van der Waals surface area (Å²) in [5, 5.41) is 65.9. The molecule has 1 aromatic rings. The highest BCUT2D eigenvalue weighted by Gasteiger charge is 2.75. The lowest BCUT2D eigenvalue weighted by atomic mass is 9.42. The van der Waals surface area contributed by atoms with Crippen LogP contribution in [0.2, 0.25) is 0 Å². The maximum absolute atomic E-state index is 12.8. The van der Waals surface area contributed by atoms with Crippen LogP contribution in [0.15, 0.2) is 39.3 Å². The molecule has 5 aliphatic rings. The fourth-order valence-electron chi connectivity index (χ4n) is 9.64. The molecule has 12 heteroatoms. The fourth-order valence-corrected chi connectivity index (χ4v) is 9.64. The standard InChI is InChI=1S/C32H44O12/c1-16(34)42-21-13-31(39)23(8-10-30(3)19(7-11-32(30,31)40)17-4-5-24(35)41-15-17)29(2)9-6-18(12-20(21)29)43-28-27(38)26(37)25(36)22(14-33)44-28/h4-5,12,15,18-19,21-23,25-28,33,36-40H,6-11,13-14H2,1-3H3/t18-,19-,21-,22+,23-,25-,26-,27-,28+,29+,30-,31+,32+/m1/s1. The Balaban J connectivity index is 1.33. The molecule has 6 N–H and O–H groups in total. The molecule has 0 aromatic carbocycles. The number of carbonyl (C=O) groups is 1. The predicted molar refractivity (Wildman–Crippen MR) is 152 cm³/mol. The Morgan fingerprint density at radius 3 is 2.43 bits per heavy atom. The summed E-state index contributed by atoms with van der Waals surface area (Å²) in [6.07, 6.45) is -2.23. The van der Waals surface area contributed by atoms with E-state index in [1.165, 1.54) is 19.3 Å². The van der Waals surface area contributed by atoms with Gasteiger partial charge in [0.05, 0.1) is 24.6 Å². The molecule has 0 spiro atoms. The molecule has 0 radical (unpaired) electrons. The highest BCUT2D eigenvalue weighted by molar-refractivity contribution is 5.66. The van der Waals surface area contributed by atoms with Gasteiger partial charge in [0.2, 0.25) is 0 Å². The average Bonchev–Trinajstić information content (AvgIpc) is 3.26. The van der Waals surface area contributed by atoms with Crippen LogP contribution in [0.1, 0.15) is 77.2 Å². The molecule has 4 aliphatic carbocycles. The maximum atomic E-state index is 12.8. The van der Waals surface area contributed by atoms with E-state index >= 15 is 0 Å². The Labute approximate surface area is 255 Å². The molecule has 6 rings (SSSR count). The molecule has 13 atom stereocenters. The van der Waals surface area contributed by atoms with Crippen molar-refractivity contribution >= 4 is 5.97 Å². The average molecular weight is 621 g/mol. The molecule has 1 saturated heterocycles. The van der Waals surface area contributed by atoms with Gasteiger partial charge in [0.25, 0.3) is 0 Å². The third kappa shape index (κ3) is 4.56. The van der Waals surface area contributed by atoms with E-state index in [1.807, 2.05) is 19.9 Å². The van der Waals surface area contributed by atoms with Crippen molar-refractivity contribution in [3.05, 3.63) is 46.0 Å². The second kappa shape index (κ2) is 11.0. The lowest BCUT2D eigenvalue weighted by Crippen LogP contribution is -2.73. The smallest absolute Gasteiger partial charge is 0.335 e. The third-order valence-electron chi connectivity index (χ3n) is 11.9. The van der Waals surface area contributed by atoms with Crippen molar-refractivity contribution in [2.45, 2.75) is 126 Å². The molecule has 2 heterocycles. The van der Waals surface area contributed by atoms with Gasteiger partial charge in [0.15, 0.2) is 6.29 Å². The van der Waals surface area contributed by atoms with Gasteiger partial charge in [-0.25, -0.2) is 4.79 Å². The summed E-state index contributed by atoms with van der Waals surface area (Å²) >= 11 is 0. The van der Waals surface area contributed by atoms with Gasteiger partial charge in [0, 0.05) is 24.8 Å². The highest BCUT2D eigenvalue weighted by Crippen LogP contribution is 2.71. The SMILES string of the molecule is CC(=O)O[C@@H]1C[C@]2(O)[C@H](CC[C@]3(C)[C@@H](c4ccc(=O)oc4)CC[C@]32O)[C@@]2(C)CC[C@@H](O[C@H]3O[C@@H](CO)[C@@H](O)[C@@H](O)[C@H]3O)C=C12. The zero-order valence-electron chi connectivity index (χ0n) is 25.3. The second-order valence-corrected chi connectivity index (χ2v) is 14.0. The Morgan fingerprint density at radius 2 is 1.77 bits per heavy atom. The molecule has 3 saturated carbocycles. The minimum absolute atomic E-state index is 0.0197. The van der Waals surface area contributed by atoms with Gasteiger partial charge in [-0.1, -0.05) is 19.9 Å². The van der Waals surface area contributed by atoms with Crippen molar-refractivity contribution in [1.29, 1.82) is 0 Å². The minimum atomic E-state index is -1.60. The summed E-state index contributed by atoms with van der Waals surface area (Å²) in [6, 6.07) is 3.10. The number of fused-ring (bicyclic) bond motifs is 5. The van der Waals surface area contributed by atoms with Gasteiger partial charge >= 0.3 is 11.6 Å². The number of hydrogen-bond acceptors (Lipinski definition) is 12. The van der Waals surface area contributed by atoms with Crippen molar-refractivity contribution in [3.63, 3.8) is 0 Å². The molecular weight excluding hydrogens is 576 g/mol. The first-order valence-corrected chi connectivity index (χ1v) is 15.6. The van der Waals surface area contributed by atoms with Gasteiger partial charge in [-0.3, -0.25) is 4.79 Å². The van der Waals surface area contributed by atoms with Crippen molar-refractivity contribution in [2.75, 3.05) is 6.61 Å². The van der Waals surface area contributed by atoms with E-state index in [-0.39, 0.29) is 18.3 Å². The van der Waals surface area contributed by atoms with E-state index in [0.29, 0.717) is 38.5 Å². The van der Waals surface area contributed by atoms with E-state index < -0.39 is 83.1 Å². The lowest BCUT2D eigenvalue weighted by molar-refractivity contribution is -0.310. The third-order valence-corrected chi connectivity index (χ3v) is 11.9. The summed E-state index contributed by atoms with van der Waals surface area (Å²) in [7, 11) is 0. The van der Waals surface area contributed by atoms with Crippen molar-refractivity contribution in [3.8, 4) is 0 Å². The van der Waals surface area contributed by atoms with Crippen LogP contribution in [0.5, 0.6) is 0 Å². The number of esters is 1. The number of aliphatic hydroxyl groups is 6. The van der Waals surface area contributed by atoms with E-state index in [4.69, 9.17) is 18.6 Å². The van der Waals surface area contributed by atoms with Gasteiger partial charge < -0.3 is 49.3 Å². The Hall–Kier alpha value is -2.16. The summed E-state index contributed by atoms with van der Waals surface area (Å²) in [5.74, 6) is -1.06. The number of carbonyl (C=O) groups excluding carboxylic acids is 1. The minimum Gasteiger partial charge on any atom is -0.458 e. The zero-order valence-corrected chi connectivity index (χ0v) is 25.3. The first-order chi connectivity index (χ1) is 20.7. The van der Waals surface area contributed by atoms with Gasteiger partial charge in [-0.05, 0) is 73.0 Å². The summed E-state index contributed by atoms with van der Waals surface area (Å²) in [4.78, 5) is 24.0. The molecule has 1 aromatic heterocycles. The molecule has 12 nitrogen and oxygen atoms in total. The molecular formula is C32H44O12. The Morgan fingerprint density at radius 1 is 1.02 bits per heavy atom. The van der Waals surface area contributed by atoms with Crippen LogP contribution in [0.4, 0.5) is 0 Å². The van der Waals surface area contributed by atoms with Crippen molar-refractivity contribution in [2.24, 2.45) is 16.7 Å². The van der Waals surface area contributed by atoms with Crippen LogP contribution in [-0.2, 0) is 19.0 Å².